The van der Waals surface area contributed by atoms with E-state index >= 15 is 0 Å². The molecular weight excluding hydrogens is 210 g/mol. The van der Waals surface area contributed by atoms with Gasteiger partial charge in [0.15, 0.2) is 12.4 Å². The van der Waals surface area contributed by atoms with Crippen molar-refractivity contribution in [3.63, 3.8) is 0 Å². The minimum Gasteiger partial charge on any atom is -0.497 e. The van der Waals surface area contributed by atoms with Gasteiger partial charge in [-0.1, -0.05) is 0 Å². The molecule has 1 aromatic carbocycles. The number of carbonyl (C=O) groups is 2. The van der Waals surface area contributed by atoms with E-state index in [1.54, 1.807) is 31.4 Å². The number of esters is 1. The van der Waals surface area contributed by atoms with Gasteiger partial charge in [0.2, 0.25) is 0 Å². The van der Waals surface area contributed by atoms with Crippen molar-refractivity contribution in [2.45, 2.75) is 0 Å². The molecule has 16 heavy (non-hydrogen) atoms. The fourth-order valence-corrected chi connectivity index (χ4v) is 1.07. The Hall–Kier alpha value is -1.88. The van der Waals surface area contributed by atoms with Crippen molar-refractivity contribution < 1.29 is 19.1 Å². The molecule has 5 heteroatoms. The lowest BCUT2D eigenvalue weighted by Gasteiger charge is -2.03. The summed E-state index contributed by atoms with van der Waals surface area (Å²) in [6, 6.07) is 6.55. The van der Waals surface area contributed by atoms with E-state index in [1.165, 1.54) is 0 Å². The summed E-state index contributed by atoms with van der Waals surface area (Å²) in [7, 11) is 1.54. The number of ketones is 1. The summed E-state index contributed by atoms with van der Waals surface area (Å²) in [5.74, 6) is -0.207. The first kappa shape index (κ1) is 12.2. The van der Waals surface area contributed by atoms with Crippen molar-refractivity contribution in [3.8, 4) is 5.75 Å². The normalized spacial score (nSPS) is 9.62. The van der Waals surface area contributed by atoms with Gasteiger partial charge in [-0.2, -0.15) is 0 Å². The van der Waals surface area contributed by atoms with E-state index in [2.05, 4.69) is 4.74 Å². The highest BCUT2D eigenvalue weighted by molar-refractivity contribution is 5.98. The molecule has 0 heterocycles. The summed E-state index contributed by atoms with van der Waals surface area (Å²) < 4.78 is 9.57. The summed E-state index contributed by atoms with van der Waals surface area (Å²) in [6.45, 7) is -0.516. The van der Waals surface area contributed by atoms with Gasteiger partial charge in [0.1, 0.15) is 5.75 Å². The SMILES string of the molecule is COc1ccc(C(=O)COC(=O)CN)cc1. The predicted octanol–water partition coefficient (Wildman–Crippen LogP) is 0.380. The van der Waals surface area contributed by atoms with Crippen LogP contribution < -0.4 is 10.5 Å². The van der Waals surface area contributed by atoms with E-state index in [4.69, 9.17) is 10.5 Å². The molecule has 0 aromatic heterocycles. The van der Waals surface area contributed by atoms with E-state index in [-0.39, 0.29) is 18.9 Å². The molecule has 2 N–H and O–H groups in total. The first-order valence-electron chi connectivity index (χ1n) is 4.70. The van der Waals surface area contributed by atoms with Crippen LogP contribution in [0.1, 0.15) is 10.4 Å². The maximum atomic E-state index is 11.5. The van der Waals surface area contributed by atoms with Crippen molar-refractivity contribution in [1.82, 2.24) is 0 Å². The molecule has 86 valence electrons. The third kappa shape index (κ3) is 3.36. The molecule has 0 unspecified atom stereocenters. The van der Waals surface area contributed by atoms with Crippen molar-refractivity contribution >= 4 is 11.8 Å². The first-order chi connectivity index (χ1) is 7.67. The van der Waals surface area contributed by atoms with Crippen LogP contribution >= 0.6 is 0 Å². The van der Waals surface area contributed by atoms with Gasteiger partial charge >= 0.3 is 5.97 Å². The van der Waals surface area contributed by atoms with E-state index in [0.717, 1.165) is 0 Å². The van der Waals surface area contributed by atoms with Crippen molar-refractivity contribution in [2.24, 2.45) is 5.73 Å². The molecule has 0 radical (unpaired) electrons. The third-order valence-corrected chi connectivity index (χ3v) is 1.94. The smallest absolute Gasteiger partial charge is 0.320 e. The number of methoxy groups -OCH3 is 1. The van der Waals surface area contributed by atoms with Crippen molar-refractivity contribution in [1.29, 1.82) is 0 Å². The zero-order valence-electron chi connectivity index (χ0n) is 8.93. The second kappa shape index (κ2) is 5.87. The monoisotopic (exact) mass is 223 g/mol. The number of Topliss-reactive ketones (excluding diaryl/α,β-unsaturated/α-hetero) is 1. The lowest BCUT2D eigenvalue weighted by Crippen LogP contribution is -2.20. The Morgan fingerprint density at radius 3 is 2.38 bits per heavy atom. The highest BCUT2D eigenvalue weighted by Crippen LogP contribution is 2.11. The fourth-order valence-electron chi connectivity index (χ4n) is 1.07. The van der Waals surface area contributed by atoms with Crippen LogP contribution in [0.2, 0.25) is 0 Å². The number of hydrogen-bond acceptors (Lipinski definition) is 5. The Morgan fingerprint density at radius 2 is 1.88 bits per heavy atom. The number of hydrogen-bond donors (Lipinski definition) is 1. The summed E-state index contributed by atoms with van der Waals surface area (Å²) >= 11 is 0. The molecule has 0 amide bonds. The molecule has 5 nitrogen and oxygen atoms in total. The van der Waals surface area contributed by atoms with Crippen LogP contribution in [0.3, 0.4) is 0 Å². The Balaban J connectivity index is 2.56. The standard InChI is InChI=1S/C11H13NO4/c1-15-9-4-2-8(3-5-9)10(13)7-16-11(14)6-12/h2-5H,6-7,12H2,1H3. The summed E-state index contributed by atoms with van der Waals surface area (Å²) in [4.78, 5) is 22.2. The predicted molar refractivity (Wildman–Crippen MR) is 57.3 cm³/mol. The molecule has 0 aliphatic rings. The largest absolute Gasteiger partial charge is 0.497 e. The molecule has 0 bridgehead atoms. The minimum absolute atomic E-state index is 0.226. The van der Waals surface area contributed by atoms with Gasteiger partial charge in [0, 0.05) is 5.56 Å². The molecule has 1 aromatic rings. The fraction of sp³-hybridized carbons (Fsp3) is 0.273. The second-order valence-electron chi connectivity index (χ2n) is 3.02. The number of ether oxygens (including phenoxy) is 2. The van der Waals surface area contributed by atoms with Crippen molar-refractivity contribution in [2.75, 3.05) is 20.3 Å². The van der Waals surface area contributed by atoms with E-state index in [0.29, 0.717) is 11.3 Å². The molecule has 0 fully saturated rings. The Labute approximate surface area is 93.1 Å². The Kier molecular flexibility index (Phi) is 4.47. The van der Waals surface area contributed by atoms with Gasteiger partial charge < -0.3 is 15.2 Å². The second-order valence-corrected chi connectivity index (χ2v) is 3.02. The highest BCUT2D eigenvalue weighted by atomic mass is 16.5. The van der Waals surface area contributed by atoms with Gasteiger partial charge in [0.05, 0.1) is 13.7 Å². The third-order valence-electron chi connectivity index (χ3n) is 1.94. The highest BCUT2D eigenvalue weighted by Gasteiger charge is 2.08. The van der Waals surface area contributed by atoms with Crippen LogP contribution in [0, 0.1) is 0 Å². The van der Waals surface area contributed by atoms with E-state index < -0.39 is 5.97 Å². The van der Waals surface area contributed by atoms with Gasteiger partial charge in [0.25, 0.3) is 0 Å². The first-order valence-corrected chi connectivity index (χ1v) is 4.70. The van der Waals surface area contributed by atoms with Gasteiger partial charge in [-0.3, -0.25) is 9.59 Å². The zero-order valence-corrected chi connectivity index (χ0v) is 8.93. The molecule has 0 atom stereocenters. The summed E-state index contributed by atoms with van der Waals surface area (Å²) in [5, 5.41) is 0. The van der Waals surface area contributed by atoms with Crippen LogP contribution in [0.15, 0.2) is 24.3 Å². The maximum absolute atomic E-state index is 11.5. The molecule has 1 rings (SSSR count). The molecule has 0 saturated carbocycles. The van der Waals surface area contributed by atoms with Crippen LogP contribution in [-0.4, -0.2) is 32.0 Å². The van der Waals surface area contributed by atoms with E-state index in [9.17, 15) is 9.59 Å². The Bertz CT molecular complexity index is 372. The molecule has 0 aliphatic carbocycles. The molecule has 0 aliphatic heterocycles. The Morgan fingerprint density at radius 1 is 1.25 bits per heavy atom. The van der Waals surface area contributed by atoms with Crippen LogP contribution in [-0.2, 0) is 9.53 Å². The van der Waals surface area contributed by atoms with Crippen LogP contribution in [0.25, 0.3) is 0 Å². The molecule has 0 saturated heterocycles. The average molecular weight is 223 g/mol. The minimum atomic E-state index is -0.595. The average Bonchev–Trinajstić information content (AvgIpc) is 2.35. The quantitative estimate of drug-likeness (QED) is 0.576. The lowest BCUT2D eigenvalue weighted by molar-refractivity contribution is -0.140. The number of benzene rings is 1. The van der Waals surface area contributed by atoms with Crippen LogP contribution in [0.5, 0.6) is 5.75 Å². The van der Waals surface area contributed by atoms with Gasteiger partial charge in [-0.05, 0) is 24.3 Å². The van der Waals surface area contributed by atoms with Gasteiger partial charge in [-0.15, -0.1) is 0 Å². The molecule has 0 spiro atoms. The topological polar surface area (TPSA) is 78.6 Å². The summed E-state index contributed by atoms with van der Waals surface area (Å²) in [5.41, 5.74) is 5.50. The zero-order chi connectivity index (χ0) is 12.0. The number of rotatable bonds is 5. The molecular formula is C11H13NO4. The maximum Gasteiger partial charge on any atom is 0.320 e. The number of carbonyl (C=O) groups excluding carboxylic acids is 2. The van der Waals surface area contributed by atoms with Crippen molar-refractivity contribution in [3.05, 3.63) is 29.8 Å². The van der Waals surface area contributed by atoms with Gasteiger partial charge in [-0.25, -0.2) is 0 Å². The lowest BCUT2D eigenvalue weighted by atomic mass is 10.1. The number of nitrogens with two attached hydrogens (primary N) is 1. The van der Waals surface area contributed by atoms with E-state index in [1.807, 2.05) is 0 Å². The van der Waals surface area contributed by atoms with Crippen LogP contribution in [0.4, 0.5) is 0 Å². The summed E-state index contributed by atoms with van der Waals surface area (Å²) in [6.07, 6.45) is 0.